The Morgan fingerprint density at radius 1 is 1.33 bits per heavy atom. The van der Waals surface area contributed by atoms with Gasteiger partial charge in [-0.3, -0.25) is 9.00 Å². The van der Waals surface area contributed by atoms with Gasteiger partial charge in [-0.25, -0.2) is 0 Å². The van der Waals surface area contributed by atoms with E-state index in [0.29, 0.717) is 18.6 Å². The third kappa shape index (κ3) is 2.38. The minimum absolute atomic E-state index is 0.381. The lowest BCUT2D eigenvalue weighted by atomic mass is 9.94. The van der Waals surface area contributed by atoms with Crippen LogP contribution in [0.4, 0.5) is 0 Å². The molecule has 0 aliphatic carbocycles. The van der Waals surface area contributed by atoms with Gasteiger partial charge in [0.05, 0.1) is 7.11 Å². The van der Waals surface area contributed by atoms with Crippen molar-refractivity contribution in [1.29, 1.82) is 0 Å². The topological polar surface area (TPSA) is 43.4 Å². The normalized spacial score (nSPS) is 26.8. The molecule has 96 valence electrons. The van der Waals surface area contributed by atoms with Gasteiger partial charge in [0.1, 0.15) is 0 Å². The molecule has 1 aliphatic heterocycles. The number of hydrogen-bond donors (Lipinski definition) is 0. The molecule has 0 saturated heterocycles. The van der Waals surface area contributed by atoms with Gasteiger partial charge in [0.2, 0.25) is 0 Å². The van der Waals surface area contributed by atoms with E-state index in [0.717, 1.165) is 5.56 Å². The van der Waals surface area contributed by atoms with Gasteiger partial charge in [-0.2, -0.15) is 0 Å². The Kier molecular flexibility index (Phi) is 3.97. The van der Waals surface area contributed by atoms with Crippen LogP contribution < -0.4 is 0 Å². The van der Waals surface area contributed by atoms with Crippen LogP contribution in [0, 0.1) is 0 Å². The van der Waals surface area contributed by atoms with Gasteiger partial charge in [0.15, 0.2) is 4.75 Å². The molecule has 0 bridgehead atoms. The summed E-state index contributed by atoms with van der Waals surface area (Å²) >= 11 is 0. The Morgan fingerprint density at radius 2 is 2.06 bits per heavy atom. The molecule has 3 nitrogen and oxygen atoms in total. The quantitative estimate of drug-likeness (QED) is 0.618. The number of methoxy groups -OCH3 is 1. The van der Waals surface area contributed by atoms with Crippen LogP contribution in [0.25, 0.3) is 0 Å². The number of benzene rings is 1. The van der Waals surface area contributed by atoms with Gasteiger partial charge < -0.3 is 4.74 Å². The second-order valence-electron chi connectivity index (χ2n) is 4.34. The SMILES string of the molecule is COC(=O)C1(Cc2ccccc2)CC=CCS1=O. The van der Waals surface area contributed by atoms with Gasteiger partial charge in [-0.1, -0.05) is 42.5 Å². The highest BCUT2D eigenvalue weighted by molar-refractivity contribution is 7.87. The molecule has 1 aromatic rings. The van der Waals surface area contributed by atoms with E-state index in [4.69, 9.17) is 4.74 Å². The van der Waals surface area contributed by atoms with Crippen molar-refractivity contribution < 1.29 is 13.7 Å². The molecule has 2 unspecified atom stereocenters. The van der Waals surface area contributed by atoms with Crippen molar-refractivity contribution in [2.45, 2.75) is 17.6 Å². The van der Waals surface area contributed by atoms with E-state index in [1.807, 2.05) is 42.5 Å². The average Bonchev–Trinajstić information content (AvgIpc) is 2.41. The van der Waals surface area contributed by atoms with Crippen LogP contribution in [0.5, 0.6) is 0 Å². The largest absolute Gasteiger partial charge is 0.468 e. The van der Waals surface area contributed by atoms with E-state index in [1.54, 1.807) is 0 Å². The molecule has 18 heavy (non-hydrogen) atoms. The third-order valence-electron chi connectivity index (χ3n) is 3.19. The van der Waals surface area contributed by atoms with E-state index in [1.165, 1.54) is 7.11 Å². The highest BCUT2D eigenvalue weighted by atomic mass is 32.2. The van der Waals surface area contributed by atoms with E-state index in [2.05, 4.69) is 0 Å². The number of ether oxygens (including phenoxy) is 1. The van der Waals surface area contributed by atoms with E-state index < -0.39 is 15.5 Å². The minimum Gasteiger partial charge on any atom is -0.468 e. The Balaban J connectivity index is 2.34. The number of carbonyl (C=O) groups excluding carboxylic acids is 1. The fourth-order valence-corrected chi connectivity index (χ4v) is 3.70. The van der Waals surface area contributed by atoms with Crippen LogP contribution in [-0.4, -0.2) is 27.8 Å². The summed E-state index contributed by atoms with van der Waals surface area (Å²) < 4.78 is 16.2. The zero-order chi connectivity index (χ0) is 13.0. The standard InChI is InChI=1S/C14H16O3S/c1-17-13(15)14(9-5-6-10-18(14)16)11-12-7-3-2-4-8-12/h2-8H,9-11H2,1H3. The Hall–Kier alpha value is -1.42. The molecule has 1 aromatic carbocycles. The molecule has 0 radical (unpaired) electrons. The predicted octanol–water partition coefficient (Wildman–Crippen LogP) is 1.85. The molecular formula is C14H16O3S. The van der Waals surface area contributed by atoms with Crippen molar-refractivity contribution in [3.05, 3.63) is 48.0 Å². The number of rotatable bonds is 3. The lowest BCUT2D eigenvalue weighted by molar-refractivity contribution is -0.143. The highest BCUT2D eigenvalue weighted by Gasteiger charge is 2.45. The minimum atomic E-state index is -1.23. The number of esters is 1. The molecule has 0 N–H and O–H groups in total. The summed E-state index contributed by atoms with van der Waals surface area (Å²) in [5.74, 6) is 0.0381. The lowest BCUT2D eigenvalue weighted by Crippen LogP contribution is -2.47. The van der Waals surface area contributed by atoms with Gasteiger partial charge >= 0.3 is 5.97 Å². The van der Waals surface area contributed by atoms with E-state index >= 15 is 0 Å². The van der Waals surface area contributed by atoms with Gasteiger partial charge in [-0.15, -0.1) is 0 Å². The number of hydrogen-bond acceptors (Lipinski definition) is 3. The van der Waals surface area contributed by atoms with Crippen LogP contribution in [0.3, 0.4) is 0 Å². The van der Waals surface area contributed by atoms with Gasteiger partial charge in [-0.05, 0) is 12.0 Å². The highest BCUT2D eigenvalue weighted by Crippen LogP contribution is 2.30. The van der Waals surface area contributed by atoms with Crippen molar-refractivity contribution in [3.63, 3.8) is 0 Å². The second-order valence-corrected chi connectivity index (χ2v) is 6.14. The maximum atomic E-state index is 12.3. The first-order valence-corrected chi connectivity index (χ1v) is 7.17. The average molecular weight is 264 g/mol. The molecule has 4 heteroatoms. The van der Waals surface area contributed by atoms with Crippen LogP contribution in [0.2, 0.25) is 0 Å². The molecular weight excluding hydrogens is 248 g/mol. The van der Waals surface area contributed by atoms with Crippen molar-refractivity contribution in [3.8, 4) is 0 Å². The summed E-state index contributed by atoms with van der Waals surface area (Å²) in [5, 5.41) is 0. The second kappa shape index (κ2) is 5.48. The van der Waals surface area contributed by atoms with Crippen LogP contribution in [0.1, 0.15) is 12.0 Å². The first-order valence-electron chi connectivity index (χ1n) is 5.85. The van der Waals surface area contributed by atoms with E-state index in [-0.39, 0.29) is 5.97 Å². The molecule has 0 saturated carbocycles. The number of allylic oxidation sites excluding steroid dienone is 1. The molecule has 0 spiro atoms. The Morgan fingerprint density at radius 3 is 2.67 bits per heavy atom. The molecule has 0 amide bonds. The smallest absolute Gasteiger partial charge is 0.325 e. The molecule has 0 aromatic heterocycles. The number of carbonyl (C=O) groups is 1. The fraction of sp³-hybridized carbons (Fsp3) is 0.357. The van der Waals surface area contributed by atoms with Gasteiger partial charge in [0, 0.05) is 23.0 Å². The Bertz CT molecular complexity index is 481. The maximum Gasteiger partial charge on any atom is 0.325 e. The summed E-state index contributed by atoms with van der Waals surface area (Å²) in [6.07, 6.45) is 4.71. The van der Waals surface area contributed by atoms with Crippen LogP contribution >= 0.6 is 0 Å². The summed E-state index contributed by atoms with van der Waals surface area (Å²) in [6.45, 7) is 0. The molecule has 2 atom stereocenters. The predicted molar refractivity (Wildman–Crippen MR) is 71.7 cm³/mol. The summed E-state index contributed by atoms with van der Waals surface area (Å²) in [6, 6.07) is 9.65. The Labute approximate surface area is 109 Å². The van der Waals surface area contributed by atoms with Crippen LogP contribution in [-0.2, 0) is 26.8 Å². The third-order valence-corrected chi connectivity index (χ3v) is 5.03. The monoisotopic (exact) mass is 264 g/mol. The molecule has 0 fully saturated rings. The lowest BCUT2D eigenvalue weighted by Gasteiger charge is -2.31. The van der Waals surface area contributed by atoms with E-state index in [9.17, 15) is 9.00 Å². The zero-order valence-electron chi connectivity index (χ0n) is 10.3. The molecule has 1 heterocycles. The summed E-state index contributed by atoms with van der Waals surface area (Å²) in [4.78, 5) is 12.1. The summed E-state index contributed by atoms with van der Waals surface area (Å²) in [7, 11) is 0.123. The van der Waals surface area contributed by atoms with Crippen LogP contribution in [0.15, 0.2) is 42.5 Å². The fourth-order valence-electron chi connectivity index (χ4n) is 2.19. The maximum absolute atomic E-state index is 12.3. The zero-order valence-corrected chi connectivity index (χ0v) is 11.1. The first kappa shape index (κ1) is 13.0. The molecule has 1 aliphatic rings. The molecule has 2 rings (SSSR count). The van der Waals surface area contributed by atoms with Crippen molar-refractivity contribution in [1.82, 2.24) is 0 Å². The van der Waals surface area contributed by atoms with Crippen molar-refractivity contribution in [2.24, 2.45) is 0 Å². The summed E-state index contributed by atoms with van der Waals surface area (Å²) in [5.41, 5.74) is 1.01. The van der Waals surface area contributed by atoms with Gasteiger partial charge in [0.25, 0.3) is 0 Å². The first-order chi connectivity index (χ1) is 8.69. The van der Waals surface area contributed by atoms with Crippen molar-refractivity contribution in [2.75, 3.05) is 12.9 Å². The van der Waals surface area contributed by atoms with Crippen molar-refractivity contribution >= 4 is 16.8 Å².